The molecule has 1 aliphatic rings. The normalized spacial score (nSPS) is 29.2. The zero-order chi connectivity index (χ0) is 13.8. The SMILES string of the molecule is Cc1ccccc1CCC(N)C1CCC(C)C(C)C1. The Labute approximate surface area is 118 Å². The smallest absolute Gasteiger partial charge is 0.00704 e. The summed E-state index contributed by atoms with van der Waals surface area (Å²) in [7, 11) is 0. The van der Waals surface area contributed by atoms with Gasteiger partial charge in [-0.2, -0.15) is 0 Å². The Morgan fingerprint density at radius 2 is 1.89 bits per heavy atom. The summed E-state index contributed by atoms with van der Waals surface area (Å²) in [6.07, 6.45) is 6.30. The molecule has 2 N–H and O–H groups in total. The van der Waals surface area contributed by atoms with Gasteiger partial charge in [0.05, 0.1) is 0 Å². The van der Waals surface area contributed by atoms with Gasteiger partial charge in [-0.25, -0.2) is 0 Å². The van der Waals surface area contributed by atoms with Crippen LogP contribution in [0.2, 0.25) is 0 Å². The number of benzene rings is 1. The molecule has 4 unspecified atom stereocenters. The van der Waals surface area contributed by atoms with Gasteiger partial charge in [0.25, 0.3) is 0 Å². The monoisotopic (exact) mass is 259 g/mol. The van der Waals surface area contributed by atoms with Crippen molar-refractivity contribution in [2.45, 2.75) is 58.9 Å². The van der Waals surface area contributed by atoms with Gasteiger partial charge in [0.15, 0.2) is 0 Å². The first-order chi connectivity index (χ1) is 9.08. The molecule has 2 rings (SSSR count). The first-order valence-electron chi connectivity index (χ1n) is 7.88. The summed E-state index contributed by atoms with van der Waals surface area (Å²) in [6.45, 7) is 6.98. The fourth-order valence-electron chi connectivity index (χ4n) is 3.43. The van der Waals surface area contributed by atoms with E-state index < -0.39 is 0 Å². The van der Waals surface area contributed by atoms with Crippen LogP contribution in [0.25, 0.3) is 0 Å². The largest absolute Gasteiger partial charge is 0.327 e. The third-order valence-corrected chi connectivity index (χ3v) is 5.25. The van der Waals surface area contributed by atoms with Gasteiger partial charge < -0.3 is 5.73 Å². The summed E-state index contributed by atoms with van der Waals surface area (Å²) in [6, 6.07) is 9.08. The lowest BCUT2D eigenvalue weighted by atomic mass is 9.72. The average molecular weight is 259 g/mol. The standard InChI is InChI=1S/C18H29N/c1-13-8-9-17(12-15(13)3)18(19)11-10-16-7-5-4-6-14(16)2/h4-7,13,15,17-18H,8-12,19H2,1-3H3. The minimum absolute atomic E-state index is 0.384. The van der Waals surface area contributed by atoms with Crippen LogP contribution < -0.4 is 5.73 Å². The molecule has 1 fully saturated rings. The van der Waals surface area contributed by atoms with Crippen LogP contribution in [0.5, 0.6) is 0 Å². The number of rotatable bonds is 4. The molecule has 0 aliphatic heterocycles. The zero-order valence-corrected chi connectivity index (χ0v) is 12.7. The Balaban J connectivity index is 1.85. The fraction of sp³-hybridized carbons (Fsp3) is 0.667. The molecule has 0 saturated heterocycles. The summed E-state index contributed by atoms with van der Waals surface area (Å²) in [5, 5.41) is 0. The van der Waals surface area contributed by atoms with E-state index in [1.165, 1.54) is 30.4 Å². The molecule has 1 aromatic carbocycles. The van der Waals surface area contributed by atoms with Gasteiger partial charge in [-0.3, -0.25) is 0 Å². The lowest BCUT2D eigenvalue weighted by Crippen LogP contribution is -2.35. The molecule has 106 valence electrons. The second kappa shape index (κ2) is 6.56. The van der Waals surface area contributed by atoms with Crippen molar-refractivity contribution in [3.05, 3.63) is 35.4 Å². The van der Waals surface area contributed by atoms with E-state index in [2.05, 4.69) is 45.0 Å². The van der Waals surface area contributed by atoms with Gasteiger partial charge in [-0.05, 0) is 61.5 Å². The van der Waals surface area contributed by atoms with Crippen LogP contribution in [0, 0.1) is 24.7 Å². The Bertz CT molecular complexity index is 398. The molecule has 0 radical (unpaired) electrons. The zero-order valence-electron chi connectivity index (χ0n) is 12.7. The van der Waals surface area contributed by atoms with E-state index in [0.29, 0.717) is 6.04 Å². The maximum absolute atomic E-state index is 6.45. The van der Waals surface area contributed by atoms with E-state index in [0.717, 1.165) is 30.6 Å². The topological polar surface area (TPSA) is 26.0 Å². The highest BCUT2D eigenvalue weighted by molar-refractivity contribution is 5.25. The molecule has 19 heavy (non-hydrogen) atoms. The molecule has 0 spiro atoms. The van der Waals surface area contributed by atoms with Gasteiger partial charge in [0, 0.05) is 6.04 Å². The summed E-state index contributed by atoms with van der Waals surface area (Å²) in [4.78, 5) is 0. The lowest BCUT2D eigenvalue weighted by molar-refractivity contribution is 0.182. The molecule has 0 heterocycles. The molecular weight excluding hydrogens is 230 g/mol. The van der Waals surface area contributed by atoms with Gasteiger partial charge in [-0.1, -0.05) is 44.5 Å². The minimum atomic E-state index is 0.384. The third-order valence-electron chi connectivity index (χ3n) is 5.25. The second-order valence-corrected chi connectivity index (χ2v) is 6.66. The van der Waals surface area contributed by atoms with Crippen molar-refractivity contribution in [3.63, 3.8) is 0 Å². The fourth-order valence-corrected chi connectivity index (χ4v) is 3.43. The Kier molecular flexibility index (Phi) is 5.04. The highest BCUT2D eigenvalue weighted by atomic mass is 14.7. The molecule has 0 bridgehead atoms. The minimum Gasteiger partial charge on any atom is -0.327 e. The quantitative estimate of drug-likeness (QED) is 0.856. The van der Waals surface area contributed by atoms with Crippen LogP contribution in [-0.4, -0.2) is 6.04 Å². The Morgan fingerprint density at radius 1 is 1.16 bits per heavy atom. The van der Waals surface area contributed by atoms with E-state index in [-0.39, 0.29) is 0 Å². The Hall–Kier alpha value is -0.820. The first-order valence-corrected chi connectivity index (χ1v) is 7.88. The van der Waals surface area contributed by atoms with Crippen molar-refractivity contribution in [1.82, 2.24) is 0 Å². The second-order valence-electron chi connectivity index (χ2n) is 6.66. The summed E-state index contributed by atoms with van der Waals surface area (Å²) in [5.74, 6) is 2.48. The van der Waals surface area contributed by atoms with Crippen molar-refractivity contribution in [1.29, 1.82) is 0 Å². The molecule has 0 amide bonds. The summed E-state index contributed by atoms with van der Waals surface area (Å²) >= 11 is 0. The molecule has 1 heteroatoms. The lowest BCUT2D eigenvalue weighted by Gasteiger charge is -2.35. The van der Waals surface area contributed by atoms with E-state index in [4.69, 9.17) is 5.73 Å². The van der Waals surface area contributed by atoms with Crippen molar-refractivity contribution >= 4 is 0 Å². The van der Waals surface area contributed by atoms with Crippen LogP contribution in [0.4, 0.5) is 0 Å². The molecule has 0 aromatic heterocycles. The van der Waals surface area contributed by atoms with E-state index in [1.54, 1.807) is 0 Å². The third kappa shape index (κ3) is 3.82. The Morgan fingerprint density at radius 3 is 2.58 bits per heavy atom. The number of hydrogen-bond acceptors (Lipinski definition) is 1. The van der Waals surface area contributed by atoms with Gasteiger partial charge in [-0.15, -0.1) is 0 Å². The van der Waals surface area contributed by atoms with E-state index in [1.807, 2.05) is 0 Å². The number of hydrogen-bond donors (Lipinski definition) is 1. The highest BCUT2D eigenvalue weighted by Crippen LogP contribution is 2.35. The van der Waals surface area contributed by atoms with E-state index in [9.17, 15) is 0 Å². The van der Waals surface area contributed by atoms with Gasteiger partial charge in [0.1, 0.15) is 0 Å². The predicted octanol–water partition coefficient (Wildman–Crippen LogP) is 4.33. The van der Waals surface area contributed by atoms with Crippen molar-refractivity contribution < 1.29 is 0 Å². The molecular formula is C18H29N. The summed E-state index contributed by atoms with van der Waals surface area (Å²) < 4.78 is 0. The number of aryl methyl sites for hydroxylation is 2. The molecule has 1 nitrogen and oxygen atoms in total. The average Bonchev–Trinajstić information content (AvgIpc) is 2.40. The molecule has 1 aliphatic carbocycles. The maximum Gasteiger partial charge on any atom is 0.00704 e. The van der Waals surface area contributed by atoms with Crippen molar-refractivity contribution in [2.75, 3.05) is 0 Å². The molecule has 1 saturated carbocycles. The summed E-state index contributed by atoms with van der Waals surface area (Å²) in [5.41, 5.74) is 9.32. The van der Waals surface area contributed by atoms with Gasteiger partial charge >= 0.3 is 0 Å². The van der Waals surface area contributed by atoms with Crippen LogP contribution >= 0.6 is 0 Å². The van der Waals surface area contributed by atoms with Gasteiger partial charge in [0.2, 0.25) is 0 Å². The van der Waals surface area contributed by atoms with Crippen LogP contribution in [0.15, 0.2) is 24.3 Å². The van der Waals surface area contributed by atoms with Crippen LogP contribution in [0.3, 0.4) is 0 Å². The first kappa shape index (κ1) is 14.6. The maximum atomic E-state index is 6.45. The number of nitrogens with two attached hydrogens (primary N) is 1. The molecule has 1 aromatic rings. The van der Waals surface area contributed by atoms with E-state index >= 15 is 0 Å². The highest BCUT2D eigenvalue weighted by Gasteiger charge is 2.28. The van der Waals surface area contributed by atoms with Crippen molar-refractivity contribution in [2.24, 2.45) is 23.5 Å². The predicted molar refractivity (Wildman–Crippen MR) is 83.1 cm³/mol. The van der Waals surface area contributed by atoms with Crippen LogP contribution in [0.1, 0.15) is 50.7 Å². The van der Waals surface area contributed by atoms with Crippen LogP contribution in [-0.2, 0) is 6.42 Å². The molecule has 4 atom stereocenters. The van der Waals surface area contributed by atoms with Crippen molar-refractivity contribution in [3.8, 4) is 0 Å².